The van der Waals surface area contributed by atoms with Crippen LogP contribution in [0.1, 0.15) is 5.56 Å². The van der Waals surface area contributed by atoms with Gasteiger partial charge in [0.1, 0.15) is 18.0 Å². The molecule has 1 aliphatic rings. The van der Waals surface area contributed by atoms with E-state index in [2.05, 4.69) is 55.4 Å². The van der Waals surface area contributed by atoms with Crippen molar-refractivity contribution in [1.82, 2.24) is 9.97 Å². The van der Waals surface area contributed by atoms with E-state index in [-0.39, 0.29) is 0 Å². The molecule has 1 aliphatic heterocycles. The molecule has 0 bridgehead atoms. The third-order valence-corrected chi connectivity index (χ3v) is 5.23. The van der Waals surface area contributed by atoms with Gasteiger partial charge in [0.05, 0.1) is 0 Å². The average Bonchev–Trinajstić information content (AvgIpc) is 2.75. The Labute approximate surface area is 171 Å². The molecule has 0 radical (unpaired) electrons. The summed E-state index contributed by atoms with van der Waals surface area (Å²) in [6, 6.07) is 20.6. The summed E-state index contributed by atoms with van der Waals surface area (Å²) in [6.07, 6.45) is 2.61. The van der Waals surface area contributed by atoms with Gasteiger partial charge < -0.3 is 15.1 Å². The van der Waals surface area contributed by atoms with Gasteiger partial charge in [-0.2, -0.15) is 0 Å². The van der Waals surface area contributed by atoms with Gasteiger partial charge in [0.15, 0.2) is 0 Å². The lowest BCUT2D eigenvalue weighted by molar-refractivity contribution is 0.647. The summed E-state index contributed by atoms with van der Waals surface area (Å²) in [5, 5.41) is 4.19. The van der Waals surface area contributed by atoms with Crippen LogP contribution in [0.25, 0.3) is 0 Å². The van der Waals surface area contributed by atoms with Crippen LogP contribution in [0.4, 0.5) is 17.3 Å². The summed E-state index contributed by atoms with van der Waals surface area (Å²) in [5.74, 6) is 1.85. The lowest BCUT2D eigenvalue weighted by atomic mass is 10.1. The van der Waals surface area contributed by atoms with Gasteiger partial charge in [0.2, 0.25) is 0 Å². The quantitative estimate of drug-likeness (QED) is 0.682. The number of hydrogen-bond donors (Lipinski definition) is 1. The Morgan fingerprint density at radius 3 is 2.43 bits per heavy atom. The van der Waals surface area contributed by atoms with Gasteiger partial charge in [-0.15, -0.1) is 0 Å². The van der Waals surface area contributed by atoms with Crippen LogP contribution in [-0.2, 0) is 6.42 Å². The molecule has 1 N–H and O–H groups in total. The van der Waals surface area contributed by atoms with Crippen LogP contribution in [0, 0.1) is 0 Å². The molecule has 0 unspecified atom stereocenters. The zero-order chi connectivity index (χ0) is 19.2. The van der Waals surface area contributed by atoms with Crippen molar-refractivity contribution in [1.29, 1.82) is 0 Å². The van der Waals surface area contributed by atoms with Gasteiger partial charge in [-0.05, 0) is 30.2 Å². The second-order valence-electron chi connectivity index (χ2n) is 6.88. The fourth-order valence-corrected chi connectivity index (χ4v) is 3.65. The van der Waals surface area contributed by atoms with Crippen molar-refractivity contribution in [3.05, 3.63) is 77.6 Å². The number of halogens is 1. The summed E-state index contributed by atoms with van der Waals surface area (Å²) >= 11 is 6.13. The molecule has 1 saturated heterocycles. The second kappa shape index (κ2) is 8.93. The topological polar surface area (TPSA) is 44.3 Å². The number of benzene rings is 2. The van der Waals surface area contributed by atoms with E-state index in [1.54, 1.807) is 6.33 Å². The number of aromatic nitrogens is 2. The first-order valence-electron chi connectivity index (χ1n) is 9.63. The molecule has 1 fully saturated rings. The van der Waals surface area contributed by atoms with Gasteiger partial charge in [-0.3, -0.25) is 0 Å². The first kappa shape index (κ1) is 18.6. The summed E-state index contributed by atoms with van der Waals surface area (Å²) in [4.78, 5) is 13.5. The van der Waals surface area contributed by atoms with Crippen molar-refractivity contribution in [2.45, 2.75) is 6.42 Å². The molecule has 2 aromatic carbocycles. The fraction of sp³-hybridized carbons (Fsp3) is 0.273. The predicted molar refractivity (Wildman–Crippen MR) is 117 cm³/mol. The van der Waals surface area contributed by atoms with Crippen LogP contribution in [-0.4, -0.2) is 42.7 Å². The molecule has 0 aliphatic carbocycles. The monoisotopic (exact) mass is 393 g/mol. The lowest BCUT2D eigenvalue weighted by Gasteiger charge is -2.36. The van der Waals surface area contributed by atoms with E-state index >= 15 is 0 Å². The Hall–Kier alpha value is -2.79. The van der Waals surface area contributed by atoms with Crippen molar-refractivity contribution >= 4 is 28.9 Å². The maximum atomic E-state index is 6.13. The Morgan fingerprint density at radius 2 is 1.64 bits per heavy atom. The van der Waals surface area contributed by atoms with Crippen LogP contribution in [0.15, 0.2) is 67.0 Å². The molecule has 144 valence electrons. The minimum Gasteiger partial charge on any atom is -0.370 e. The minimum absolute atomic E-state index is 0.780. The normalized spacial score (nSPS) is 14.2. The molecule has 0 atom stereocenters. The van der Waals surface area contributed by atoms with Crippen molar-refractivity contribution in [2.75, 3.05) is 47.8 Å². The van der Waals surface area contributed by atoms with E-state index < -0.39 is 0 Å². The third kappa shape index (κ3) is 4.73. The van der Waals surface area contributed by atoms with E-state index in [0.717, 1.165) is 55.8 Å². The van der Waals surface area contributed by atoms with Crippen molar-refractivity contribution in [2.24, 2.45) is 0 Å². The average molecular weight is 394 g/mol. The Kier molecular flexibility index (Phi) is 5.92. The standard InChI is InChI=1S/C22H24ClN5/c23-19-7-4-8-20(15-19)27-11-13-28(14-12-27)22-16-21(25-17-26-22)24-10-9-18-5-2-1-3-6-18/h1-8,15-17H,9-14H2,(H,24,25,26). The van der Waals surface area contributed by atoms with Crippen molar-refractivity contribution in [3.8, 4) is 0 Å². The molecule has 5 nitrogen and oxygen atoms in total. The van der Waals surface area contributed by atoms with Gasteiger partial charge in [0.25, 0.3) is 0 Å². The highest BCUT2D eigenvalue weighted by Crippen LogP contribution is 2.22. The number of rotatable bonds is 6. The zero-order valence-corrected chi connectivity index (χ0v) is 16.5. The van der Waals surface area contributed by atoms with Crippen LogP contribution in [0.3, 0.4) is 0 Å². The van der Waals surface area contributed by atoms with Gasteiger partial charge >= 0.3 is 0 Å². The molecule has 1 aromatic heterocycles. The van der Waals surface area contributed by atoms with E-state index in [1.807, 2.05) is 30.3 Å². The molecule has 0 spiro atoms. The summed E-state index contributed by atoms with van der Waals surface area (Å²) < 4.78 is 0. The van der Waals surface area contributed by atoms with Gasteiger partial charge in [-0.1, -0.05) is 48.0 Å². The maximum absolute atomic E-state index is 6.13. The van der Waals surface area contributed by atoms with Crippen LogP contribution < -0.4 is 15.1 Å². The Balaban J connectivity index is 1.32. The van der Waals surface area contributed by atoms with E-state index in [9.17, 15) is 0 Å². The highest BCUT2D eigenvalue weighted by atomic mass is 35.5. The molecule has 0 amide bonds. The molecule has 6 heteroatoms. The zero-order valence-electron chi connectivity index (χ0n) is 15.8. The highest BCUT2D eigenvalue weighted by molar-refractivity contribution is 6.30. The molecular weight excluding hydrogens is 370 g/mol. The third-order valence-electron chi connectivity index (χ3n) is 4.99. The van der Waals surface area contributed by atoms with E-state index in [1.165, 1.54) is 11.3 Å². The Bertz CT molecular complexity index is 894. The van der Waals surface area contributed by atoms with E-state index in [4.69, 9.17) is 11.6 Å². The maximum Gasteiger partial charge on any atom is 0.134 e. The molecule has 2 heterocycles. The van der Waals surface area contributed by atoms with Gasteiger partial charge in [-0.25, -0.2) is 9.97 Å². The van der Waals surface area contributed by atoms with Crippen LogP contribution in [0.2, 0.25) is 5.02 Å². The highest BCUT2D eigenvalue weighted by Gasteiger charge is 2.19. The largest absolute Gasteiger partial charge is 0.370 e. The number of nitrogens with zero attached hydrogens (tertiary/aromatic N) is 4. The summed E-state index contributed by atoms with van der Waals surface area (Å²) in [7, 11) is 0. The van der Waals surface area contributed by atoms with Crippen LogP contribution >= 0.6 is 11.6 Å². The first-order valence-corrected chi connectivity index (χ1v) is 10.0. The smallest absolute Gasteiger partial charge is 0.134 e. The molecular formula is C22H24ClN5. The molecule has 3 aromatic rings. The van der Waals surface area contributed by atoms with E-state index in [0.29, 0.717) is 0 Å². The lowest BCUT2D eigenvalue weighted by Crippen LogP contribution is -2.46. The predicted octanol–water partition coefficient (Wildman–Crippen LogP) is 4.11. The number of nitrogens with one attached hydrogen (secondary N) is 1. The van der Waals surface area contributed by atoms with Crippen LogP contribution in [0.5, 0.6) is 0 Å². The Morgan fingerprint density at radius 1 is 0.857 bits per heavy atom. The number of piperazine rings is 1. The summed E-state index contributed by atoms with van der Waals surface area (Å²) in [6.45, 7) is 4.59. The number of hydrogen-bond acceptors (Lipinski definition) is 5. The number of anilines is 3. The minimum atomic E-state index is 0.780. The molecule has 0 saturated carbocycles. The van der Waals surface area contributed by atoms with Crippen molar-refractivity contribution in [3.63, 3.8) is 0 Å². The second-order valence-corrected chi connectivity index (χ2v) is 7.31. The molecule has 4 rings (SSSR count). The van der Waals surface area contributed by atoms with Gasteiger partial charge in [0, 0.05) is 49.5 Å². The first-order chi connectivity index (χ1) is 13.8. The molecule has 28 heavy (non-hydrogen) atoms. The van der Waals surface area contributed by atoms with Crippen molar-refractivity contribution < 1.29 is 0 Å². The fourth-order valence-electron chi connectivity index (χ4n) is 3.46. The SMILES string of the molecule is Clc1cccc(N2CCN(c3cc(NCCc4ccccc4)ncn3)CC2)c1. The summed E-state index contributed by atoms with van der Waals surface area (Å²) in [5.41, 5.74) is 2.50.